The van der Waals surface area contributed by atoms with Gasteiger partial charge >= 0.3 is 0 Å². The van der Waals surface area contributed by atoms with Crippen LogP contribution in [0.2, 0.25) is 0 Å². The van der Waals surface area contributed by atoms with Gasteiger partial charge in [-0.05, 0) is 60.4 Å². The first kappa shape index (κ1) is 20.2. The highest BCUT2D eigenvalue weighted by Crippen LogP contribution is 2.41. The molecule has 30 heavy (non-hydrogen) atoms. The molecule has 0 amide bonds. The summed E-state index contributed by atoms with van der Waals surface area (Å²) in [6.45, 7) is 4.20. The van der Waals surface area contributed by atoms with Crippen molar-refractivity contribution in [3.8, 4) is 17.2 Å². The van der Waals surface area contributed by atoms with Gasteiger partial charge in [-0.25, -0.2) is 0 Å². The zero-order valence-electron chi connectivity index (χ0n) is 18.1. The van der Waals surface area contributed by atoms with Gasteiger partial charge in [0, 0.05) is 11.8 Å². The number of aromatic nitrogens is 4. The van der Waals surface area contributed by atoms with Gasteiger partial charge in [0.05, 0.1) is 25.4 Å². The monoisotopic (exact) mass is 407 g/mol. The fraction of sp³-hybridized carbons (Fsp3) is 0.435. The first-order valence-corrected chi connectivity index (χ1v) is 10.4. The van der Waals surface area contributed by atoms with Crippen molar-refractivity contribution in [1.29, 1.82) is 0 Å². The fourth-order valence-electron chi connectivity index (χ4n) is 4.53. The average Bonchev–Trinajstić information content (AvgIpc) is 3.24. The molecule has 0 saturated heterocycles. The Balaban J connectivity index is 1.79. The quantitative estimate of drug-likeness (QED) is 0.645. The Morgan fingerprint density at radius 2 is 1.63 bits per heavy atom. The lowest BCUT2D eigenvalue weighted by Crippen LogP contribution is -2.40. The third-order valence-electron chi connectivity index (χ3n) is 6.02. The predicted molar refractivity (Wildman–Crippen MR) is 117 cm³/mol. The Labute approximate surface area is 177 Å². The molecule has 7 nitrogen and oxygen atoms in total. The summed E-state index contributed by atoms with van der Waals surface area (Å²) in [6, 6.07) is 12.2. The smallest absolute Gasteiger partial charge is 0.181 e. The number of nitrogens with zero attached hydrogens (tertiary/aromatic N) is 4. The molecular formula is C23H29N5O2. The highest BCUT2D eigenvalue weighted by atomic mass is 16.5. The number of methoxy groups -OCH3 is 2. The maximum Gasteiger partial charge on any atom is 0.181 e. The Kier molecular flexibility index (Phi) is 5.61. The number of benzene rings is 2. The number of hydrogen-bond acceptors (Lipinski definition) is 6. The number of hydrogen-bond donors (Lipinski definition) is 1. The van der Waals surface area contributed by atoms with Crippen LogP contribution in [0.25, 0.3) is 5.69 Å². The van der Waals surface area contributed by atoms with Gasteiger partial charge in [-0.15, -0.1) is 5.10 Å². The van der Waals surface area contributed by atoms with E-state index in [-0.39, 0.29) is 5.54 Å². The van der Waals surface area contributed by atoms with Gasteiger partial charge in [0.15, 0.2) is 17.3 Å². The molecule has 1 aliphatic rings. The van der Waals surface area contributed by atoms with Crippen molar-refractivity contribution in [2.45, 2.75) is 51.5 Å². The maximum absolute atomic E-state index is 5.50. The minimum Gasteiger partial charge on any atom is -0.493 e. The number of nitrogens with one attached hydrogen (secondary N) is 1. The summed E-state index contributed by atoms with van der Waals surface area (Å²) in [7, 11) is 3.30. The minimum atomic E-state index is -0.351. The molecule has 4 rings (SSSR count). The topological polar surface area (TPSA) is 74.1 Å². The third-order valence-corrected chi connectivity index (χ3v) is 6.02. The summed E-state index contributed by atoms with van der Waals surface area (Å²) < 4.78 is 12.8. The predicted octanol–water partition coefficient (Wildman–Crippen LogP) is 4.57. The number of aryl methyl sites for hydroxylation is 2. The number of rotatable bonds is 6. The van der Waals surface area contributed by atoms with E-state index in [4.69, 9.17) is 9.47 Å². The van der Waals surface area contributed by atoms with E-state index in [1.807, 2.05) is 22.9 Å². The van der Waals surface area contributed by atoms with E-state index in [1.54, 1.807) is 14.2 Å². The van der Waals surface area contributed by atoms with E-state index in [0.717, 1.165) is 54.0 Å². The second kappa shape index (κ2) is 8.34. The number of tetrazole rings is 1. The lowest BCUT2D eigenvalue weighted by Gasteiger charge is -2.38. The fourth-order valence-corrected chi connectivity index (χ4v) is 4.53. The van der Waals surface area contributed by atoms with E-state index < -0.39 is 0 Å². The van der Waals surface area contributed by atoms with Crippen molar-refractivity contribution in [2.24, 2.45) is 0 Å². The van der Waals surface area contributed by atoms with E-state index >= 15 is 0 Å². The van der Waals surface area contributed by atoms with Gasteiger partial charge in [0.25, 0.3) is 0 Å². The van der Waals surface area contributed by atoms with Crippen molar-refractivity contribution in [3.63, 3.8) is 0 Å². The molecule has 0 spiro atoms. The molecule has 1 saturated carbocycles. The molecule has 1 heterocycles. The van der Waals surface area contributed by atoms with Gasteiger partial charge in [-0.3, -0.25) is 0 Å². The van der Waals surface area contributed by atoms with E-state index in [1.165, 1.54) is 6.42 Å². The molecule has 1 aliphatic carbocycles. The Morgan fingerprint density at radius 1 is 0.933 bits per heavy atom. The Morgan fingerprint density at radius 3 is 2.30 bits per heavy atom. The molecule has 3 aromatic rings. The summed E-state index contributed by atoms with van der Waals surface area (Å²) in [5.41, 5.74) is 3.97. The van der Waals surface area contributed by atoms with Crippen molar-refractivity contribution in [1.82, 2.24) is 20.2 Å². The zero-order chi connectivity index (χ0) is 21.1. The molecule has 0 unspecified atom stereocenters. The molecule has 0 bridgehead atoms. The molecule has 2 aromatic carbocycles. The molecule has 1 aromatic heterocycles. The van der Waals surface area contributed by atoms with Gasteiger partial charge in [0.1, 0.15) is 0 Å². The SMILES string of the molecule is COc1ccc(NC2(c3nnnn3-c3c(C)cccc3C)CCCCC2)cc1OC. The van der Waals surface area contributed by atoms with Gasteiger partial charge in [0.2, 0.25) is 0 Å². The van der Waals surface area contributed by atoms with Crippen LogP contribution in [0.4, 0.5) is 5.69 Å². The van der Waals surface area contributed by atoms with Crippen LogP contribution in [0.5, 0.6) is 11.5 Å². The van der Waals surface area contributed by atoms with Crippen molar-refractivity contribution < 1.29 is 9.47 Å². The van der Waals surface area contributed by atoms with Gasteiger partial charge in [-0.1, -0.05) is 37.5 Å². The third kappa shape index (κ3) is 3.60. The first-order chi connectivity index (χ1) is 14.6. The minimum absolute atomic E-state index is 0.351. The van der Waals surface area contributed by atoms with Crippen molar-refractivity contribution >= 4 is 5.69 Å². The Hall–Kier alpha value is -3.09. The van der Waals surface area contributed by atoms with Gasteiger partial charge in [-0.2, -0.15) is 4.68 Å². The second-order valence-corrected chi connectivity index (χ2v) is 7.99. The molecule has 7 heteroatoms. The summed E-state index contributed by atoms with van der Waals surface area (Å²) in [5, 5.41) is 16.8. The number of para-hydroxylation sites is 1. The zero-order valence-corrected chi connectivity index (χ0v) is 18.1. The summed E-state index contributed by atoms with van der Waals surface area (Å²) in [6.07, 6.45) is 5.40. The summed E-state index contributed by atoms with van der Waals surface area (Å²) in [4.78, 5) is 0. The molecule has 0 radical (unpaired) electrons. The lowest BCUT2D eigenvalue weighted by molar-refractivity contribution is 0.309. The van der Waals surface area contributed by atoms with Crippen molar-refractivity contribution in [3.05, 3.63) is 53.3 Å². The molecular weight excluding hydrogens is 378 g/mol. The molecule has 1 fully saturated rings. The average molecular weight is 408 g/mol. The van der Waals surface area contributed by atoms with Crippen LogP contribution in [0, 0.1) is 13.8 Å². The highest BCUT2D eigenvalue weighted by molar-refractivity contribution is 5.57. The first-order valence-electron chi connectivity index (χ1n) is 10.4. The van der Waals surface area contributed by atoms with Crippen molar-refractivity contribution in [2.75, 3.05) is 19.5 Å². The molecule has 0 atom stereocenters. The van der Waals surface area contributed by atoms with Crippen LogP contribution in [0.1, 0.15) is 49.1 Å². The van der Waals surface area contributed by atoms with Crippen LogP contribution < -0.4 is 14.8 Å². The highest BCUT2D eigenvalue weighted by Gasteiger charge is 2.39. The van der Waals surface area contributed by atoms with E-state index in [2.05, 4.69) is 52.9 Å². The number of ether oxygens (including phenoxy) is 2. The summed E-state index contributed by atoms with van der Waals surface area (Å²) in [5.74, 6) is 2.26. The standard InChI is InChI=1S/C23H29N5O2/c1-16-9-8-10-17(2)21(16)28-22(25-26-27-28)23(13-6-5-7-14-23)24-18-11-12-19(29-3)20(15-18)30-4/h8-12,15,24H,5-7,13-14H2,1-4H3. The van der Waals surface area contributed by atoms with Gasteiger partial charge < -0.3 is 14.8 Å². The van der Waals surface area contributed by atoms with Crippen LogP contribution >= 0.6 is 0 Å². The van der Waals surface area contributed by atoms with Crippen LogP contribution in [0.3, 0.4) is 0 Å². The van der Waals surface area contributed by atoms with Crippen LogP contribution in [-0.2, 0) is 5.54 Å². The Bertz CT molecular complexity index is 1000. The summed E-state index contributed by atoms with van der Waals surface area (Å²) >= 11 is 0. The van der Waals surface area contributed by atoms with E-state index in [0.29, 0.717) is 11.5 Å². The molecule has 0 aliphatic heterocycles. The van der Waals surface area contributed by atoms with Crippen LogP contribution in [-0.4, -0.2) is 34.4 Å². The lowest BCUT2D eigenvalue weighted by atomic mass is 9.80. The second-order valence-electron chi connectivity index (χ2n) is 7.99. The van der Waals surface area contributed by atoms with E-state index in [9.17, 15) is 0 Å². The number of anilines is 1. The largest absolute Gasteiger partial charge is 0.493 e. The van der Waals surface area contributed by atoms with Crippen LogP contribution in [0.15, 0.2) is 36.4 Å². The molecule has 1 N–H and O–H groups in total. The normalized spacial score (nSPS) is 15.6. The maximum atomic E-state index is 5.50. The molecule has 158 valence electrons.